The van der Waals surface area contributed by atoms with Crippen LogP contribution < -0.4 is 5.73 Å². The summed E-state index contributed by atoms with van der Waals surface area (Å²) in [5.41, 5.74) is 9.11. The summed E-state index contributed by atoms with van der Waals surface area (Å²) in [6, 6.07) is 15.8. The summed E-state index contributed by atoms with van der Waals surface area (Å²) < 4.78 is 2.13. The Balaban J connectivity index is 1.81. The quantitative estimate of drug-likeness (QED) is 0.745. The maximum Gasteiger partial charge on any atom is 0.113 e. The van der Waals surface area contributed by atoms with E-state index in [2.05, 4.69) is 9.55 Å². The number of nitrogens with two attached hydrogens (primary N) is 1. The lowest BCUT2D eigenvalue weighted by atomic mass is 10.1. The number of para-hydroxylation sites is 1. The third kappa shape index (κ3) is 3.26. The molecule has 21 heavy (non-hydrogen) atoms. The van der Waals surface area contributed by atoms with Crippen LogP contribution in [0.15, 0.2) is 60.9 Å². The number of benzene rings is 2. The van der Waals surface area contributed by atoms with E-state index in [1.54, 1.807) is 0 Å². The molecule has 0 fully saturated rings. The third-order valence-corrected chi connectivity index (χ3v) is 3.72. The van der Waals surface area contributed by atoms with Crippen LogP contribution in [0.5, 0.6) is 0 Å². The Morgan fingerprint density at radius 1 is 1.05 bits per heavy atom. The van der Waals surface area contributed by atoms with Crippen molar-refractivity contribution in [3.8, 4) is 0 Å². The number of aromatic nitrogens is 2. The number of rotatable bonds is 4. The fraction of sp³-hybridized carbons (Fsp3) is 0.118. The highest BCUT2D eigenvalue weighted by atomic mass is 35.5. The lowest BCUT2D eigenvalue weighted by Crippen LogP contribution is -2.07. The Hall–Kier alpha value is -2.26. The molecule has 3 rings (SSSR count). The minimum absolute atomic E-state index is 0.732. The van der Waals surface area contributed by atoms with E-state index in [1.807, 2.05) is 60.9 Å². The summed E-state index contributed by atoms with van der Waals surface area (Å²) in [5, 5.41) is 0.749. The lowest BCUT2D eigenvalue weighted by Gasteiger charge is -2.10. The molecule has 0 aliphatic rings. The number of anilines is 1. The van der Waals surface area contributed by atoms with Crippen molar-refractivity contribution in [3.63, 3.8) is 0 Å². The Morgan fingerprint density at radius 3 is 2.57 bits per heavy atom. The van der Waals surface area contributed by atoms with Crippen molar-refractivity contribution < 1.29 is 0 Å². The second-order valence-corrected chi connectivity index (χ2v) is 5.41. The zero-order valence-corrected chi connectivity index (χ0v) is 12.3. The maximum absolute atomic E-state index is 6.01. The van der Waals surface area contributed by atoms with Crippen LogP contribution in [0.2, 0.25) is 5.02 Å². The predicted molar refractivity (Wildman–Crippen MR) is 86.4 cm³/mol. The van der Waals surface area contributed by atoms with Gasteiger partial charge in [-0.3, -0.25) is 0 Å². The first-order valence-electron chi connectivity index (χ1n) is 6.80. The smallest absolute Gasteiger partial charge is 0.113 e. The van der Waals surface area contributed by atoms with Gasteiger partial charge in [-0.2, -0.15) is 0 Å². The molecule has 3 aromatic rings. The summed E-state index contributed by atoms with van der Waals surface area (Å²) in [7, 11) is 0. The summed E-state index contributed by atoms with van der Waals surface area (Å²) in [6.07, 6.45) is 4.58. The van der Waals surface area contributed by atoms with E-state index in [-0.39, 0.29) is 0 Å². The minimum atomic E-state index is 0.732. The first-order valence-corrected chi connectivity index (χ1v) is 7.18. The average Bonchev–Trinajstić information content (AvgIpc) is 2.91. The first kappa shape index (κ1) is 13.7. The van der Waals surface area contributed by atoms with Crippen LogP contribution in [0, 0.1) is 0 Å². The molecule has 3 nitrogen and oxygen atoms in total. The van der Waals surface area contributed by atoms with E-state index in [9.17, 15) is 0 Å². The average molecular weight is 298 g/mol. The van der Waals surface area contributed by atoms with Gasteiger partial charge in [-0.15, -0.1) is 0 Å². The monoisotopic (exact) mass is 297 g/mol. The molecule has 0 spiro atoms. The number of nitrogens with zero attached hydrogens (tertiary/aromatic N) is 2. The molecule has 106 valence electrons. The highest BCUT2D eigenvalue weighted by Crippen LogP contribution is 2.16. The van der Waals surface area contributed by atoms with Gasteiger partial charge < -0.3 is 10.3 Å². The molecule has 1 heterocycles. The molecule has 1 aromatic heterocycles. The van der Waals surface area contributed by atoms with Crippen molar-refractivity contribution in [2.75, 3.05) is 5.73 Å². The van der Waals surface area contributed by atoms with Gasteiger partial charge in [-0.1, -0.05) is 41.9 Å². The van der Waals surface area contributed by atoms with Gasteiger partial charge in [0.25, 0.3) is 0 Å². The van der Waals surface area contributed by atoms with E-state index in [0.29, 0.717) is 0 Å². The van der Waals surface area contributed by atoms with Crippen molar-refractivity contribution in [1.82, 2.24) is 9.55 Å². The zero-order valence-electron chi connectivity index (χ0n) is 11.5. The van der Waals surface area contributed by atoms with Crippen molar-refractivity contribution in [3.05, 3.63) is 82.9 Å². The van der Waals surface area contributed by atoms with Crippen LogP contribution >= 0.6 is 11.6 Å². The van der Waals surface area contributed by atoms with Gasteiger partial charge in [0.05, 0.1) is 6.54 Å². The Labute approximate surface area is 129 Å². The van der Waals surface area contributed by atoms with E-state index in [1.165, 1.54) is 5.56 Å². The molecule has 0 atom stereocenters. The molecule has 0 bridgehead atoms. The van der Waals surface area contributed by atoms with E-state index in [4.69, 9.17) is 17.3 Å². The Morgan fingerprint density at radius 2 is 1.81 bits per heavy atom. The van der Waals surface area contributed by atoms with Gasteiger partial charge >= 0.3 is 0 Å². The topological polar surface area (TPSA) is 43.8 Å². The van der Waals surface area contributed by atoms with Gasteiger partial charge in [0, 0.05) is 29.5 Å². The van der Waals surface area contributed by atoms with E-state index < -0.39 is 0 Å². The normalized spacial score (nSPS) is 10.7. The molecule has 4 heteroatoms. The molecule has 0 amide bonds. The van der Waals surface area contributed by atoms with Crippen LogP contribution in [0.3, 0.4) is 0 Å². The van der Waals surface area contributed by atoms with Crippen LogP contribution in [0.1, 0.15) is 17.0 Å². The molecule has 0 saturated heterocycles. The number of hydrogen-bond donors (Lipinski definition) is 1. The molecule has 0 unspecified atom stereocenters. The van der Waals surface area contributed by atoms with Gasteiger partial charge in [-0.05, 0) is 29.3 Å². The van der Waals surface area contributed by atoms with Gasteiger partial charge in [0.1, 0.15) is 5.82 Å². The summed E-state index contributed by atoms with van der Waals surface area (Å²) in [4.78, 5) is 4.45. The van der Waals surface area contributed by atoms with Crippen LogP contribution in [-0.2, 0) is 13.0 Å². The maximum atomic E-state index is 6.01. The largest absolute Gasteiger partial charge is 0.398 e. The van der Waals surface area contributed by atoms with Gasteiger partial charge in [-0.25, -0.2) is 4.98 Å². The number of imidazole rings is 1. The first-order chi connectivity index (χ1) is 10.2. The van der Waals surface area contributed by atoms with E-state index >= 15 is 0 Å². The zero-order chi connectivity index (χ0) is 14.7. The molecule has 2 aromatic carbocycles. The molecule has 0 aliphatic carbocycles. The van der Waals surface area contributed by atoms with Crippen molar-refractivity contribution in [1.29, 1.82) is 0 Å². The van der Waals surface area contributed by atoms with Crippen molar-refractivity contribution >= 4 is 17.3 Å². The van der Waals surface area contributed by atoms with Crippen molar-refractivity contribution in [2.24, 2.45) is 0 Å². The van der Waals surface area contributed by atoms with Crippen LogP contribution in [0.4, 0.5) is 5.69 Å². The molecular weight excluding hydrogens is 282 g/mol. The summed E-state index contributed by atoms with van der Waals surface area (Å²) in [5.74, 6) is 1.01. The SMILES string of the molecule is Nc1ccccc1Cn1ccnc1Cc1ccc(Cl)cc1. The van der Waals surface area contributed by atoms with E-state index in [0.717, 1.165) is 35.1 Å². The minimum Gasteiger partial charge on any atom is -0.398 e. The second kappa shape index (κ2) is 6.02. The van der Waals surface area contributed by atoms with Gasteiger partial charge in [0.15, 0.2) is 0 Å². The fourth-order valence-corrected chi connectivity index (χ4v) is 2.42. The third-order valence-electron chi connectivity index (χ3n) is 3.47. The lowest BCUT2D eigenvalue weighted by molar-refractivity contribution is 0.742. The van der Waals surface area contributed by atoms with Crippen LogP contribution in [-0.4, -0.2) is 9.55 Å². The predicted octanol–water partition coefficient (Wildman–Crippen LogP) is 3.76. The summed E-state index contributed by atoms with van der Waals surface area (Å²) >= 11 is 5.91. The van der Waals surface area contributed by atoms with Crippen LogP contribution in [0.25, 0.3) is 0 Å². The van der Waals surface area contributed by atoms with Gasteiger partial charge in [0.2, 0.25) is 0 Å². The standard InChI is InChI=1S/C17H16ClN3/c18-15-7-5-13(6-8-15)11-17-20-9-10-21(17)12-14-3-1-2-4-16(14)19/h1-10H,11-12,19H2. The molecule has 0 saturated carbocycles. The molecular formula is C17H16ClN3. The number of nitrogen functional groups attached to an aromatic ring is 1. The highest BCUT2D eigenvalue weighted by molar-refractivity contribution is 6.30. The molecule has 0 aliphatic heterocycles. The summed E-state index contributed by atoms with van der Waals surface area (Å²) in [6.45, 7) is 0.732. The highest BCUT2D eigenvalue weighted by Gasteiger charge is 2.06. The van der Waals surface area contributed by atoms with Crippen molar-refractivity contribution in [2.45, 2.75) is 13.0 Å². The Bertz CT molecular complexity index is 732. The second-order valence-electron chi connectivity index (χ2n) is 4.97. The molecule has 2 N–H and O–H groups in total. The number of hydrogen-bond acceptors (Lipinski definition) is 2. The fourth-order valence-electron chi connectivity index (χ4n) is 2.30. The molecule has 0 radical (unpaired) electrons. The Kier molecular flexibility index (Phi) is 3.93. The number of halogens is 1.